The Hall–Kier alpha value is -1.11. The van der Waals surface area contributed by atoms with E-state index in [-0.39, 0.29) is 12.0 Å². The molecule has 0 aliphatic carbocycles. The summed E-state index contributed by atoms with van der Waals surface area (Å²) in [4.78, 5) is 13.6. The molecule has 0 bridgehead atoms. The molecule has 1 amide bonds. The summed E-state index contributed by atoms with van der Waals surface area (Å²) in [6, 6.07) is 3.67. The summed E-state index contributed by atoms with van der Waals surface area (Å²) in [5.74, 6) is -0.381. The van der Waals surface area contributed by atoms with Crippen LogP contribution in [0.25, 0.3) is 0 Å². The molecule has 1 aromatic carbocycles. The first-order chi connectivity index (χ1) is 9.06. The monoisotopic (exact) mass is 326 g/mol. The summed E-state index contributed by atoms with van der Waals surface area (Å²) in [6.07, 6.45) is 0.200. The normalized spacial score (nSPS) is 23.4. The van der Waals surface area contributed by atoms with E-state index in [1.165, 1.54) is 0 Å². The van der Waals surface area contributed by atoms with Crippen LogP contribution in [0.5, 0.6) is 0 Å². The number of nitrogens with one attached hydrogen (secondary N) is 1. The van der Waals surface area contributed by atoms with Gasteiger partial charge in [-0.3, -0.25) is 4.79 Å². The maximum atomic E-state index is 11.4. The van der Waals surface area contributed by atoms with Gasteiger partial charge in [-0.05, 0) is 40.9 Å². The molecular weight excluding hydrogens is 312 g/mol. The number of hydrogen-bond donors (Lipinski definition) is 3. The third kappa shape index (κ3) is 2.24. The maximum absolute atomic E-state index is 11.4. The summed E-state index contributed by atoms with van der Waals surface area (Å²) >= 11 is 3.49. The Balaban J connectivity index is 1.92. The Labute approximate surface area is 119 Å². The number of rotatable bonds is 1. The first-order valence-electron chi connectivity index (χ1n) is 6.31. The lowest BCUT2D eigenvalue weighted by Gasteiger charge is -2.32. The van der Waals surface area contributed by atoms with E-state index in [2.05, 4.69) is 26.1 Å². The van der Waals surface area contributed by atoms with Crippen LogP contribution >= 0.6 is 15.9 Å². The molecule has 1 unspecified atom stereocenters. The van der Waals surface area contributed by atoms with Crippen molar-refractivity contribution < 1.29 is 15.0 Å². The Kier molecular flexibility index (Phi) is 3.24. The minimum Gasteiger partial charge on any atom is -0.393 e. The second kappa shape index (κ2) is 4.77. The topological polar surface area (TPSA) is 72.8 Å². The molecule has 6 heteroatoms. The van der Waals surface area contributed by atoms with Crippen molar-refractivity contribution in [2.45, 2.75) is 25.0 Å². The molecule has 0 radical (unpaired) electrons. The Morgan fingerprint density at radius 2 is 1.95 bits per heavy atom. The highest BCUT2D eigenvalue weighted by Gasteiger charge is 2.30. The van der Waals surface area contributed by atoms with Crippen molar-refractivity contribution in [2.24, 2.45) is 0 Å². The smallest absolute Gasteiger partial charge is 0.257 e. The Morgan fingerprint density at radius 1 is 1.26 bits per heavy atom. The van der Waals surface area contributed by atoms with Crippen LogP contribution in [0, 0.1) is 0 Å². The van der Waals surface area contributed by atoms with E-state index in [1.807, 2.05) is 6.07 Å². The minimum absolute atomic E-state index is 0.217. The first-order valence-corrected chi connectivity index (χ1v) is 7.11. The average molecular weight is 327 g/mol. The molecule has 3 N–H and O–H groups in total. The summed E-state index contributed by atoms with van der Waals surface area (Å²) in [5.41, 5.74) is 2.26. The molecule has 2 aliphatic heterocycles. The van der Waals surface area contributed by atoms with Crippen molar-refractivity contribution in [1.29, 1.82) is 0 Å². The van der Waals surface area contributed by atoms with Gasteiger partial charge in [-0.15, -0.1) is 0 Å². The predicted octanol–water partition coefficient (Wildman–Crippen LogP) is 1.40. The van der Waals surface area contributed by atoms with Crippen LogP contribution in [0.2, 0.25) is 0 Å². The van der Waals surface area contributed by atoms with E-state index in [4.69, 9.17) is 0 Å². The van der Waals surface area contributed by atoms with Gasteiger partial charge in [-0.1, -0.05) is 0 Å². The fourth-order valence-corrected chi connectivity index (χ4v) is 3.21. The van der Waals surface area contributed by atoms with E-state index in [0.717, 1.165) is 36.1 Å². The van der Waals surface area contributed by atoms with Gasteiger partial charge in [0.25, 0.3) is 5.91 Å². The zero-order chi connectivity index (χ0) is 13.6. The van der Waals surface area contributed by atoms with Crippen LogP contribution in [-0.2, 0) is 4.79 Å². The summed E-state index contributed by atoms with van der Waals surface area (Å²) in [6.45, 7) is 1.57. The average Bonchev–Trinajstić information content (AvgIpc) is 2.66. The molecule has 5 nitrogen and oxygen atoms in total. The molecule has 1 saturated heterocycles. The van der Waals surface area contributed by atoms with Crippen LogP contribution < -0.4 is 10.2 Å². The van der Waals surface area contributed by atoms with Gasteiger partial charge in [0, 0.05) is 28.8 Å². The van der Waals surface area contributed by atoms with E-state index >= 15 is 0 Å². The SMILES string of the molecule is O=C1Nc2cc(N3CCC(O)CC3)c(Br)cc2C1O. The molecule has 2 aliphatic rings. The fourth-order valence-electron chi connectivity index (χ4n) is 2.60. The quantitative estimate of drug-likeness (QED) is 0.729. The number of hydrogen-bond acceptors (Lipinski definition) is 4. The fraction of sp³-hybridized carbons (Fsp3) is 0.462. The zero-order valence-electron chi connectivity index (χ0n) is 10.3. The molecule has 102 valence electrons. The number of benzene rings is 1. The van der Waals surface area contributed by atoms with Gasteiger partial charge in [0.2, 0.25) is 0 Å². The number of anilines is 2. The molecule has 19 heavy (non-hydrogen) atoms. The maximum Gasteiger partial charge on any atom is 0.257 e. The number of carbonyl (C=O) groups excluding carboxylic acids is 1. The molecule has 1 aromatic rings. The summed E-state index contributed by atoms with van der Waals surface area (Å²) in [5, 5.41) is 21.9. The zero-order valence-corrected chi connectivity index (χ0v) is 11.9. The van der Waals surface area contributed by atoms with Crippen molar-refractivity contribution >= 4 is 33.2 Å². The van der Waals surface area contributed by atoms with E-state index in [9.17, 15) is 15.0 Å². The lowest BCUT2D eigenvalue weighted by molar-refractivity contribution is -0.123. The lowest BCUT2D eigenvalue weighted by Crippen LogP contribution is -2.36. The van der Waals surface area contributed by atoms with Crippen molar-refractivity contribution in [3.63, 3.8) is 0 Å². The number of fused-ring (bicyclic) bond motifs is 1. The molecule has 3 rings (SSSR count). The summed E-state index contributed by atoms with van der Waals surface area (Å²) in [7, 11) is 0. The van der Waals surface area contributed by atoms with Crippen LogP contribution in [0.1, 0.15) is 24.5 Å². The molecule has 0 saturated carbocycles. The van der Waals surface area contributed by atoms with Gasteiger partial charge in [-0.2, -0.15) is 0 Å². The van der Waals surface area contributed by atoms with Crippen LogP contribution in [-0.4, -0.2) is 35.3 Å². The van der Waals surface area contributed by atoms with E-state index < -0.39 is 6.10 Å². The first kappa shape index (κ1) is 12.9. The van der Waals surface area contributed by atoms with Crippen molar-refractivity contribution in [3.05, 3.63) is 22.2 Å². The molecule has 1 atom stereocenters. The predicted molar refractivity (Wildman–Crippen MR) is 75.2 cm³/mol. The highest BCUT2D eigenvalue weighted by atomic mass is 79.9. The van der Waals surface area contributed by atoms with Gasteiger partial charge in [0.1, 0.15) is 0 Å². The Bertz CT molecular complexity index is 527. The second-order valence-electron chi connectivity index (χ2n) is 5.00. The number of aliphatic hydroxyl groups is 2. The van der Waals surface area contributed by atoms with Crippen LogP contribution in [0.3, 0.4) is 0 Å². The second-order valence-corrected chi connectivity index (χ2v) is 5.86. The van der Waals surface area contributed by atoms with Gasteiger partial charge in [0.05, 0.1) is 11.8 Å². The van der Waals surface area contributed by atoms with Gasteiger partial charge >= 0.3 is 0 Å². The number of aliphatic hydroxyl groups excluding tert-OH is 2. The van der Waals surface area contributed by atoms with E-state index in [0.29, 0.717) is 11.3 Å². The number of nitrogens with zero attached hydrogens (tertiary/aromatic N) is 1. The largest absolute Gasteiger partial charge is 0.393 e. The van der Waals surface area contributed by atoms with Crippen LogP contribution in [0.4, 0.5) is 11.4 Å². The number of amides is 1. The van der Waals surface area contributed by atoms with Gasteiger partial charge < -0.3 is 20.4 Å². The van der Waals surface area contributed by atoms with Crippen molar-refractivity contribution in [1.82, 2.24) is 0 Å². The molecule has 1 fully saturated rings. The van der Waals surface area contributed by atoms with Crippen molar-refractivity contribution in [2.75, 3.05) is 23.3 Å². The number of halogens is 1. The molecule has 2 heterocycles. The molecular formula is C13H15BrN2O3. The Morgan fingerprint density at radius 3 is 2.63 bits per heavy atom. The minimum atomic E-state index is -1.08. The molecule has 0 aromatic heterocycles. The van der Waals surface area contributed by atoms with Crippen molar-refractivity contribution in [3.8, 4) is 0 Å². The molecule has 0 spiro atoms. The number of piperidine rings is 1. The highest BCUT2D eigenvalue weighted by Crippen LogP contribution is 2.39. The summed E-state index contributed by atoms with van der Waals surface area (Å²) < 4.78 is 0.859. The van der Waals surface area contributed by atoms with Gasteiger partial charge in [0.15, 0.2) is 6.10 Å². The lowest BCUT2D eigenvalue weighted by atomic mass is 10.1. The third-order valence-corrected chi connectivity index (χ3v) is 4.36. The third-order valence-electron chi connectivity index (χ3n) is 3.72. The van der Waals surface area contributed by atoms with Gasteiger partial charge in [-0.25, -0.2) is 0 Å². The standard InChI is InChI=1S/C13H15BrN2O3/c14-9-5-8-10(15-13(19)12(8)18)6-11(9)16-3-1-7(17)2-4-16/h5-7,12,17-18H,1-4H2,(H,15,19). The van der Waals surface area contributed by atoms with E-state index in [1.54, 1.807) is 6.07 Å². The van der Waals surface area contributed by atoms with Crippen LogP contribution in [0.15, 0.2) is 16.6 Å². The highest BCUT2D eigenvalue weighted by molar-refractivity contribution is 9.10. The number of carbonyl (C=O) groups is 1.